The van der Waals surface area contributed by atoms with E-state index in [0.29, 0.717) is 0 Å². The van der Waals surface area contributed by atoms with Crippen LogP contribution < -0.4 is 11.5 Å². The first-order valence-electron chi connectivity index (χ1n) is 12.2. The van der Waals surface area contributed by atoms with Gasteiger partial charge in [-0.3, -0.25) is 0 Å². The molecule has 36 heavy (non-hydrogen) atoms. The Morgan fingerprint density at radius 2 is 1.25 bits per heavy atom. The molecular formula is C22H42N2O12. The molecule has 11 N–H and O–H groups in total. The van der Waals surface area contributed by atoms with E-state index in [9.17, 15) is 35.7 Å². The molecule has 0 aromatic rings. The SMILES string of the molecule is CC(C)(C)[C@@H]1O[C@H](CO)[C@H](O[C@@H]2O[C@@H](CN)C(O[C@H]3OC(CO)[C@@H](CO)[C@H](O)C3O)[C@@H](O)C2N)C1O. The molecule has 0 aromatic heterocycles. The highest BCUT2D eigenvalue weighted by Gasteiger charge is 2.54. The van der Waals surface area contributed by atoms with Gasteiger partial charge in [-0.1, -0.05) is 20.8 Å². The maximum Gasteiger partial charge on any atom is 0.187 e. The zero-order chi connectivity index (χ0) is 26.9. The minimum atomic E-state index is -1.61. The van der Waals surface area contributed by atoms with Gasteiger partial charge in [0.15, 0.2) is 12.6 Å². The molecular weight excluding hydrogens is 484 g/mol. The van der Waals surface area contributed by atoms with Gasteiger partial charge in [0.05, 0.1) is 44.2 Å². The standard InChI is InChI=1S/C22H42N2O12/c1-22(2,3)19-16(31)18(11(7-27)32-19)35-20-12(24)14(29)17(9(4-23)33-20)36-21-15(30)13(28)8(5-25)10(6-26)34-21/h8-21,25-31H,4-7,23-24H2,1-3H3/t8-,9+,10?,11-,12?,13+,14+,15?,16?,17?,18+,19-,20+,21-/m1/s1. The van der Waals surface area contributed by atoms with E-state index in [4.69, 9.17) is 35.2 Å². The van der Waals surface area contributed by atoms with E-state index in [1.54, 1.807) is 0 Å². The van der Waals surface area contributed by atoms with Crippen LogP contribution >= 0.6 is 0 Å². The third-order valence-corrected chi connectivity index (χ3v) is 7.15. The van der Waals surface area contributed by atoms with Gasteiger partial charge >= 0.3 is 0 Å². The van der Waals surface area contributed by atoms with Crippen LogP contribution in [0.5, 0.6) is 0 Å². The fraction of sp³-hybridized carbons (Fsp3) is 1.00. The highest BCUT2D eigenvalue weighted by atomic mass is 16.7. The van der Waals surface area contributed by atoms with Crippen LogP contribution in [0, 0.1) is 11.3 Å². The maximum absolute atomic E-state index is 11.0. The van der Waals surface area contributed by atoms with Gasteiger partial charge in [0.1, 0.15) is 42.7 Å². The van der Waals surface area contributed by atoms with E-state index in [1.165, 1.54) is 0 Å². The van der Waals surface area contributed by atoms with Crippen LogP contribution in [0.4, 0.5) is 0 Å². The normalized spacial score (nSPS) is 48.3. The number of hydrogen-bond acceptors (Lipinski definition) is 14. The average Bonchev–Trinajstić information content (AvgIpc) is 3.16. The van der Waals surface area contributed by atoms with Crippen LogP contribution in [0.1, 0.15) is 20.8 Å². The minimum Gasteiger partial charge on any atom is -0.396 e. The first-order valence-corrected chi connectivity index (χ1v) is 12.2. The molecule has 14 heteroatoms. The Hall–Kier alpha value is -0.560. The molecule has 0 aromatic carbocycles. The predicted molar refractivity (Wildman–Crippen MR) is 121 cm³/mol. The summed E-state index contributed by atoms with van der Waals surface area (Å²) in [7, 11) is 0. The number of nitrogens with two attached hydrogens (primary N) is 2. The number of aliphatic hydroxyl groups excluding tert-OH is 7. The van der Waals surface area contributed by atoms with Crippen LogP contribution in [-0.4, -0.2) is 142 Å². The number of rotatable bonds is 8. The fourth-order valence-corrected chi connectivity index (χ4v) is 5.01. The zero-order valence-electron chi connectivity index (χ0n) is 20.7. The summed E-state index contributed by atoms with van der Waals surface area (Å²) >= 11 is 0. The number of hydrogen-bond donors (Lipinski definition) is 9. The molecule has 3 saturated heterocycles. The molecule has 0 aliphatic carbocycles. The van der Waals surface area contributed by atoms with Gasteiger partial charge in [0.25, 0.3) is 0 Å². The van der Waals surface area contributed by atoms with Crippen LogP contribution in [0.15, 0.2) is 0 Å². The Kier molecular flexibility index (Phi) is 10.1. The summed E-state index contributed by atoms with van der Waals surface area (Å²) in [4.78, 5) is 0. The maximum atomic E-state index is 11.0. The summed E-state index contributed by atoms with van der Waals surface area (Å²) in [5, 5.41) is 71.3. The molecule has 5 unspecified atom stereocenters. The summed E-state index contributed by atoms with van der Waals surface area (Å²) in [6.07, 6.45) is -14.1. The van der Waals surface area contributed by atoms with Crippen molar-refractivity contribution in [3.05, 3.63) is 0 Å². The first kappa shape index (κ1) is 30.0. The van der Waals surface area contributed by atoms with Gasteiger partial charge in [0, 0.05) is 12.5 Å². The van der Waals surface area contributed by atoms with E-state index in [2.05, 4.69) is 0 Å². The van der Waals surface area contributed by atoms with Gasteiger partial charge in [-0.15, -0.1) is 0 Å². The second-order valence-electron chi connectivity index (χ2n) is 10.7. The van der Waals surface area contributed by atoms with Crippen molar-refractivity contribution in [2.75, 3.05) is 26.4 Å². The second-order valence-corrected chi connectivity index (χ2v) is 10.7. The molecule has 0 radical (unpaired) electrons. The van der Waals surface area contributed by atoms with Gasteiger partial charge in [0.2, 0.25) is 0 Å². The van der Waals surface area contributed by atoms with Gasteiger partial charge in [-0.05, 0) is 5.41 Å². The third-order valence-electron chi connectivity index (χ3n) is 7.15. The number of ether oxygens (including phenoxy) is 5. The van der Waals surface area contributed by atoms with Crippen LogP contribution in [0.3, 0.4) is 0 Å². The molecule has 3 aliphatic heterocycles. The summed E-state index contributed by atoms with van der Waals surface area (Å²) in [6, 6.07) is -1.21. The molecule has 3 heterocycles. The van der Waals surface area contributed by atoms with Crippen molar-refractivity contribution < 1.29 is 59.4 Å². The minimum absolute atomic E-state index is 0.167. The van der Waals surface area contributed by atoms with Crippen molar-refractivity contribution in [3.8, 4) is 0 Å². The van der Waals surface area contributed by atoms with Crippen molar-refractivity contribution in [1.29, 1.82) is 0 Å². The lowest BCUT2D eigenvalue weighted by Gasteiger charge is -2.47. The molecule has 0 spiro atoms. The highest BCUT2D eigenvalue weighted by molar-refractivity contribution is 5.00. The molecule has 0 bridgehead atoms. The lowest BCUT2D eigenvalue weighted by Crippen LogP contribution is -2.67. The van der Waals surface area contributed by atoms with Crippen molar-refractivity contribution >= 4 is 0 Å². The zero-order valence-corrected chi connectivity index (χ0v) is 20.7. The van der Waals surface area contributed by atoms with E-state index in [-0.39, 0.29) is 6.54 Å². The van der Waals surface area contributed by atoms with Crippen molar-refractivity contribution in [3.63, 3.8) is 0 Å². The molecule has 3 fully saturated rings. The van der Waals surface area contributed by atoms with Crippen molar-refractivity contribution in [2.45, 2.75) is 100 Å². The summed E-state index contributed by atoms with van der Waals surface area (Å²) in [6.45, 7) is 3.94. The average molecular weight is 527 g/mol. The predicted octanol–water partition coefficient (Wildman–Crippen LogP) is -4.66. The lowest BCUT2D eigenvalue weighted by molar-refractivity contribution is -0.345. The number of aliphatic hydroxyl groups is 7. The highest BCUT2D eigenvalue weighted by Crippen LogP contribution is 2.37. The van der Waals surface area contributed by atoms with E-state index in [1.807, 2.05) is 20.8 Å². The Balaban J connectivity index is 1.72. The third kappa shape index (κ3) is 5.87. The molecule has 14 nitrogen and oxygen atoms in total. The van der Waals surface area contributed by atoms with Crippen molar-refractivity contribution in [2.24, 2.45) is 22.8 Å². The Labute approximate surface area is 209 Å². The van der Waals surface area contributed by atoms with Gasteiger partial charge in [-0.2, -0.15) is 0 Å². The molecule has 14 atom stereocenters. The molecule has 0 amide bonds. The Morgan fingerprint density at radius 3 is 1.78 bits per heavy atom. The molecule has 3 aliphatic rings. The van der Waals surface area contributed by atoms with E-state index < -0.39 is 111 Å². The van der Waals surface area contributed by atoms with Gasteiger partial charge < -0.3 is 70.9 Å². The van der Waals surface area contributed by atoms with Crippen LogP contribution in [0.25, 0.3) is 0 Å². The first-order chi connectivity index (χ1) is 16.9. The molecule has 0 saturated carbocycles. The Morgan fingerprint density at radius 1 is 0.694 bits per heavy atom. The quantitative estimate of drug-likeness (QED) is 0.144. The fourth-order valence-electron chi connectivity index (χ4n) is 5.01. The Bertz CT molecular complexity index is 694. The summed E-state index contributed by atoms with van der Waals surface area (Å²) in [5.41, 5.74) is 11.6. The topological polar surface area (TPSA) is 240 Å². The lowest BCUT2D eigenvalue weighted by atomic mass is 9.85. The van der Waals surface area contributed by atoms with Gasteiger partial charge in [-0.25, -0.2) is 0 Å². The molecule has 3 rings (SSSR count). The van der Waals surface area contributed by atoms with Crippen LogP contribution in [-0.2, 0) is 23.7 Å². The van der Waals surface area contributed by atoms with Crippen molar-refractivity contribution in [1.82, 2.24) is 0 Å². The second kappa shape index (κ2) is 12.1. The van der Waals surface area contributed by atoms with E-state index in [0.717, 1.165) is 0 Å². The molecule has 212 valence electrons. The smallest absolute Gasteiger partial charge is 0.187 e. The summed E-state index contributed by atoms with van der Waals surface area (Å²) < 4.78 is 28.8. The van der Waals surface area contributed by atoms with Crippen LogP contribution in [0.2, 0.25) is 0 Å². The largest absolute Gasteiger partial charge is 0.396 e. The van der Waals surface area contributed by atoms with E-state index >= 15 is 0 Å². The monoisotopic (exact) mass is 526 g/mol. The summed E-state index contributed by atoms with van der Waals surface area (Å²) in [5.74, 6) is -0.945.